The monoisotopic (exact) mass is 276 g/mol. The molecule has 0 saturated heterocycles. The highest BCUT2D eigenvalue weighted by Gasteiger charge is 2.37. The van der Waals surface area contributed by atoms with Gasteiger partial charge in [0.15, 0.2) is 0 Å². The van der Waals surface area contributed by atoms with Gasteiger partial charge in [-0.2, -0.15) is 0 Å². The van der Waals surface area contributed by atoms with Gasteiger partial charge in [0.25, 0.3) is 0 Å². The number of amides is 2. The molecule has 1 aliphatic rings. The van der Waals surface area contributed by atoms with Crippen molar-refractivity contribution in [3.8, 4) is 0 Å². The summed E-state index contributed by atoms with van der Waals surface area (Å²) in [6.07, 6.45) is 3.82. The number of hydrogen-bond acceptors (Lipinski definition) is 2. The highest BCUT2D eigenvalue weighted by molar-refractivity contribution is 5.92. The average Bonchev–Trinajstić information content (AvgIpc) is 3.22. The summed E-state index contributed by atoms with van der Waals surface area (Å²) in [6, 6.07) is 6.35. The summed E-state index contributed by atoms with van der Waals surface area (Å²) in [7, 11) is 0. The van der Waals surface area contributed by atoms with Gasteiger partial charge in [-0.1, -0.05) is 25.5 Å². The van der Waals surface area contributed by atoms with Crippen molar-refractivity contribution in [2.45, 2.75) is 38.6 Å². The average molecular weight is 276 g/mol. The third kappa shape index (κ3) is 3.98. The number of benzene rings is 1. The van der Waals surface area contributed by atoms with Gasteiger partial charge < -0.3 is 15.7 Å². The van der Waals surface area contributed by atoms with Gasteiger partial charge >= 0.3 is 12.0 Å². The minimum absolute atomic E-state index is 0.0742. The second kappa shape index (κ2) is 6.41. The Morgan fingerprint density at radius 1 is 1.30 bits per heavy atom. The van der Waals surface area contributed by atoms with Gasteiger partial charge in [0.05, 0.1) is 0 Å². The van der Waals surface area contributed by atoms with E-state index in [0.29, 0.717) is 5.69 Å². The van der Waals surface area contributed by atoms with E-state index < -0.39 is 18.0 Å². The largest absolute Gasteiger partial charge is 0.480 e. The fourth-order valence-electron chi connectivity index (χ4n) is 2.16. The van der Waals surface area contributed by atoms with Gasteiger partial charge in [-0.15, -0.1) is 0 Å². The molecule has 0 spiro atoms. The molecule has 0 bridgehead atoms. The number of carboxylic acid groups (broad SMARTS) is 1. The van der Waals surface area contributed by atoms with E-state index in [2.05, 4.69) is 17.6 Å². The Morgan fingerprint density at radius 3 is 2.45 bits per heavy atom. The van der Waals surface area contributed by atoms with Crippen LogP contribution in [0.3, 0.4) is 0 Å². The maximum Gasteiger partial charge on any atom is 0.326 e. The van der Waals surface area contributed by atoms with E-state index in [9.17, 15) is 9.59 Å². The van der Waals surface area contributed by atoms with E-state index in [0.717, 1.165) is 25.7 Å². The lowest BCUT2D eigenvalue weighted by molar-refractivity contribution is -0.139. The molecule has 1 saturated carbocycles. The molecule has 1 unspecified atom stereocenters. The van der Waals surface area contributed by atoms with E-state index in [1.165, 1.54) is 5.56 Å². The van der Waals surface area contributed by atoms with Crippen molar-refractivity contribution in [3.63, 3.8) is 0 Å². The molecule has 2 amide bonds. The molecular formula is C15H20N2O3. The summed E-state index contributed by atoms with van der Waals surface area (Å²) in [5, 5.41) is 14.2. The maximum absolute atomic E-state index is 11.8. The normalized spacial score (nSPS) is 15.4. The minimum atomic E-state index is -0.971. The van der Waals surface area contributed by atoms with Crippen LogP contribution in [0.5, 0.6) is 0 Å². The first-order chi connectivity index (χ1) is 9.60. The van der Waals surface area contributed by atoms with Crippen molar-refractivity contribution in [1.82, 2.24) is 5.32 Å². The molecule has 1 aromatic rings. The summed E-state index contributed by atoms with van der Waals surface area (Å²) < 4.78 is 0. The van der Waals surface area contributed by atoms with Crippen molar-refractivity contribution >= 4 is 17.7 Å². The second-order valence-electron chi connectivity index (χ2n) is 5.20. The van der Waals surface area contributed by atoms with Gasteiger partial charge in [-0.25, -0.2) is 9.59 Å². The van der Waals surface area contributed by atoms with Crippen LogP contribution in [-0.4, -0.2) is 23.1 Å². The van der Waals surface area contributed by atoms with Crippen molar-refractivity contribution in [2.24, 2.45) is 5.92 Å². The van der Waals surface area contributed by atoms with E-state index in [-0.39, 0.29) is 5.92 Å². The smallest absolute Gasteiger partial charge is 0.326 e. The van der Waals surface area contributed by atoms with Crippen molar-refractivity contribution in [3.05, 3.63) is 29.8 Å². The molecule has 0 heterocycles. The highest BCUT2D eigenvalue weighted by atomic mass is 16.4. The van der Waals surface area contributed by atoms with Gasteiger partial charge in [-0.3, -0.25) is 0 Å². The highest BCUT2D eigenvalue weighted by Crippen LogP contribution is 2.32. The van der Waals surface area contributed by atoms with Crippen molar-refractivity contribution < 1.29 is 14.7 Å². The molecule has 1 atom stereocenters. The van der Waals surface area contributed by atoms with Crippen LogP contribution < -0.4 is 10.6 Å². The number of urea groups is 1. The van der Waals surface area contributed by atoms with Crippen molar-refractivity contribution in [2.75, 3.05) is 5.32 Å². The molecular weight excluding hydrogens is 256 g/mol. The summed E-state index contributed by atoms with van der Waals surface area (Å²) >= 11 is 0. The van der Waals surface area contributed by atoms with E-state index in [1.54, 1.807) is 0 Å². The second-order valence-corrected chi connectivity index (χ2v) is 5.20. The summed E-state index contributed by atoms with van der Waals surface area (Å²) in [5.41, 5.74) is 1.89. The number of anilines is 1. The fourth-order valence-corrected chi connectivity index (χ4v) is 2.16. The summed E-state index contributed by atoms with van der Waals surface area (Å²) in [5.74, 6) is -0.897. The van der Waals surface area contributed by atoms with Gasteiger partial charge in [0, 0.05) is 5.69 Å². The molecule has 1 aromatic carbocycles. The third-order valence-corrected chi connectivity index (χ3v) is 3.40. The lowest BCUT2D eigenvalue weighted by Crippen LogP contribution is -2.44. The Morgan fingerprint density at radius 2 is 1.95 bits per heavy atom. The maximum atomic E-state index is 11.8. The summed E-state index contributed by atoms with van der Waals surface area (Å²) in [4.78, 5) is 22.8. The molecule has 5 nitrogen and oxygen atoms in total. The van der Waals surface area contributed by atoms with Crippen LogP contribution in [0.15, 0.2) is 24.3 Å². The number of carboxylic acids is 1. The zero-order chi connectivity index (χ0) is 14.5. The van der Waals surface area contributed by atoms with Crippen molar-refractivity contribution in [1.29, 1.82) is 0 Å². The van der Waals surface area contributed by atoms with Gasteiger partial charge in [0.2, 0.25) is 0 Å². The number of nitrogens with one attached hydrogen (secondary N) is 2. The lowest BCUT2D eigenvalue weighted by Gasteiger charge is -2.14. The molecule has 108 valence electrons. The van der Waals surface area contributed by atoms with Crippen LogP contribution in [-0.2, 0) is 11.2 Å². The van der Waals surface area contributed by atoms with Crippen LogP contribution in [0.1, 0.15) is 31.7 Å². The number of carbonyl (C=O) groups is 2. The molecule has 5 heteroatoms. The van der Waals surface area contributed by atoms with Crippen LogP contribution >= 0.6 is 0 Å². The number of aliphatic carboxylic acids is 1. The molecule has 3 N–H and O–H groups in total. The SMILES string of the molecule is CCCc1ccc(NC(=O)NC(C(=O)O)C2CC2)cc1. The fraction of sp³-hybridized carbons (Fsp3) is 0.467. The predicted octanol–water partition coefficient (Wildman–Crippen LogP) is 2.62. The predicted molar refractivity (Wildman–Crippen MR) is 76.7 cm³/mol. The van der Waals surface area contributed by atoms with Crippen LogP contribution in [0.4, 0.5) is 10.5 Å². The molecule has 2 rings (SSSR count). The van der Waals surface area contributed by atoms with Gasteiger partial charge in [-0.05, 0) is 42.9 Å². The molecule has 1 fully saturated rings. The Balaban J connectivity index is 1.88. The van der Waals surface area contributed by atoms with E-state index in [4.69, 9.17) is 5.11 Å². The molecule has 1 aliphatic carbocycles. The summed E-state index contributed by atoms with van der Waals surface area (Å²) in [6.45, 7) is 2.11. The van der Waals surface area contributed by atoms with E-state index >= 15 is 0 Å². The standard InChI is InChI=1S/C15H20N2O3/c1-2-3-10-4-8-12(9-5-10)16-15(20)17-13(14(18)19)11-6-7-11/h4-5,8-9,11,13H,2-3,6-7H2,1H3,(H,18,19)(H2,16,17,20). The molecule has 0 aromatic heterocycles. The quantitative estimate of drug-likeness (QED) is 0.747. The Bertz CT molecular complexity index is 480. The number of hydrogen-bond donors (Lipinski definition) is 3. The molecule has 0 radical (unpaired) electrons. The Hall–Kier alpha value is -2.04. The Kier molecular flexibility index (Phi) is 4.61. The topological polar surface area (TPSA) is 78.4 Å². The van der Waals surface area contributed by atoms with Gasteiger partial charge in [0.1, 0.15) is 6.04 Å². The minimum Gasteiger partial charge on any atom is -0.480 e. The number of carbonyl (C=O) groups excluding carboxylic acids is 1. The number of rotatable bonds is 6. The van der Waals surface area contributed by atoms with Crippen LogP contribution in [0.25, 0.3) is 0 Å². The first kappa shape index (κ1) is 14.4. The van der Waals surface area contributed by atoms with Crippen LogP contribution in [0.2, 0.25) is 0 Å². The van der Waals surface area contributed by atoms with Crippen LogP contribution in [0, 0.1) is 5.92 Å². The third-order valence-electron chi connectivity index (χ3n) is 3.40. The first-order valence-electron chi connectivity index (χ1n) is 6.99. The lowest BCUT2D eigenvalue weighted by atomic mass is 10.1. The van der Waals surface area contributed by atoms with E-state index in [1.807, 2.05) is 24.3 Å². The Labute approximate surface area is 118 Å². The zero-order valence-electron chi connectivity index (χ0n) is 11.6. The molecule has 0 aliphatic heterocycles. The number of aryl methyl sites for hydroxylation is 1. The molecule has 20 heavy (non-hydrogen) atoms. The first-order valence-corrected chi connectivity index (χ1v) is 6.99. The zero-order valence-corrected chi connectivity index (χ0v) is 11.6.